The molecule has 138 valence electrons. The third-order valence-electron chi connectivity index (χ3n) is 4.99. The molecule has 0 bridgehead atoms. The normalized spacial score (nSPS) is 19.5. The van der Waals surface area contributed by atoms with Crippen molar-refractivity contribution in [1.82, 2.24) is 10.2 Å². The van der Waals surface area contributed by atoms with Crippen LogP contribution in [0.1, 0.15) is 34.8 Å². The molecule has 2 heterocycles. The number of rotatable bonds is 3. The van der Waals surface area contributed by atoms with Crippen LogP contribution < -0.4 is 10.2 Å². The highest BCUT2D eigenvalue weighted by Crippen LogP contribution is 2.33. The van der Waals surface area contributed by atoms with Crippen molar-refractivity contribution in [2.24, 2.45) is 0 Å². The highest BCUT2D eigenvalue weighted by atomic mass is 19.1. The number of nitrogens with one attached hydrogen (secondary N) is 1. The number of carbonyl (C=O) groups excluding carboxylic acids is 3. The number of halogens is 1. The maximum absolute atomic E-state index is 13.2. The molecule has 6 nitrogen and oxygen atoms in total. The van der Waals surface area contributed by atoms with E-state index in [-0.39, 0.29) is 30.2 Å². The molecule has 0 radical (unpaired) electrons. The third-order valence-corrected chi connectivity index (χ3v) is 4.99. The number of nitrogens with zero attached hydrogens (tertiary/aromatic N) is 2. The predicted octanol–water partition coefficient (Wildman–Crippen LogP) is 2.86. The number of hydrogen-bond donors (Lipinski definition) is 1. The van der Waals surface area contributed by atoms with Gasteiger partial charge in [0.2, 0.25) is 5.91 Å². The number of imide groups is 1. The Morgan fingerprint density at radius 3 is 2.37 bits per heavy atom. The zero-order chi connectivity index (χ0) is 19.0. The van der Waals surface area contributed by atoms with Gasteiger partial charge in [0.15, 0.2) is 0 Å². The fraction of sp³-hybridized carbons (Fsp3) is 0.250. The van der Waals surface area contributed by atoms with E-state index in [0.717, 1.165) is 18.4 Å². The van der Waals surface area contributed by atoms with E-state index in [1.165, 1.54) is 17.0 Å². The Kier molecular flexibility index (Phi) is 4.35. The molecule has 1 atom stereocenters. The lowest BCUT2D eigenvalue weighted by Gasteiger charge is -2.25. The third kappa shape index (κ3) is 3.28. The SMILES string of the molecule is O=C1CN(c2ccc(C(=O)N3CCC[C@@H]3c3ccc(F)cc3)cc2)C(=O)N1. The number of benzene rings is 2. The first-order valence-electron chi connectivity index (χ1n) is 8.81. The second-order valence-electron chi connectivity index (χ2n) is 6.69. The summed E-state index contributed by atoms with van der Waals surface area (Å²) in [6.07, 6.45) is 1.73. The predicted molar refractivity (Wildman–Crippen MR) is 96.7 cm³/mol. The largest absolute Gasteiger partial charge is 0.332 e. The molecule has 1 N–H and O–H groups in total. The highest BCUT2D eigenvalue weighted by Gasteiger charge is 2.31. The zero-order valence-electron chi connectivity index (χ0n) is 14.5. The second kappa shape index (κ2) is 6.83. The summed E-state index contributed by atoms with van der Waals surface area (Å²) in [7, 11) is 0. The van der Waals surface area contributed by atoms with Crippen LogP contribution in [0.3, 0.4) is 0 Å². The Hall–Kier alpha value is -3.22. The van der Waals surface area contributed by atoms with Crippen molar-refractivity contribution >= 4 is 23.5 Å². The summed E-state index contributed by atoms with van der Waals surface area (Å²) >= 11 is 0. The average molecular weight is 367 g/mol. The van der Waals surface area contributed by atoms with E-state index in [1.54, 1.807) is 41.3 Å². The van der Waals surface area contributed by atoms with Crippen LogP contribution in [0.4, 0.5) is 14.9 Å². The Morgan fingerprint density at radius 1 is 1.04 bits per heavy atom. The maximum atomic E-state index is 13.2. The standard InChI is InChI=1S/C20H18FN3O3/c21-15-7-3-13(4-8-15)17-2-1-11-23(17)19(26)14-5-9-16(10-6-14)24-12-18(25)22-20(24)27/h3-10,17H,1-2,11-12H2,(H,22,25,27)/t17-/m1/s1. The van der Waals surface area contributed by atoms with Gasteiger partial charge in [-0.3, -0.25) is 19.8 Å². The van der Waals surface area contributed by atoms with Crippen LogP contribution in [0.25, 0.3) is 0 Å². The van der Waals surface area contributed by atoms with Crippen molar-refractivity contribution in [2.75, 3.05) is 18.0 Å². The van der Waals surface area contributed by atoms with Crippen LogP contribution in [-0.2, 0) is 4.79 Å². The van der Waals surface area contributed by atoms with Crippen LogP contribution in [0, 0.1) is 5.82 Å². The van der Waals surface area contributed by atoms with Gasteiger partial charge in [-0.15, -0.1) is 0 Å². The van der Waals surface area contributed by atoms with E-state index in [2.05, 4.69) is 5.32 Å². The van der Waals surface area contributed by atoms with Gasteiger partial charge in [0.05, 0.1) is 6.04 Å². The fourth-order valence-electron chi connectivity index (χ4n) is 3.64. The van der Waals surface area contributed by atoms with Gasteiger partial charge in [-0.25, -0.2) is 9.18 Å². The van der Waals surface area contributed by atoms with E-state index < -0.39 is 6.03 Å². The van der Waals surface area contributed by atoms with E-state index in [0.29, 0.717) is 17.8 Å². The Morgan fingerprint density at radius 2 is 1.74 bits per heavy atom. The van der Waals surface area contributed by atoms with Crippen molar-refractivity contribution in [3.05, 3.63) is 65.5 Å². The summed E-state index contributed by atoms with van der Waals surface area (Å²) in [6, 6.07) is 12.4. The summed E-state index contributed by atoms with van der Waals surface area (Å²) < 4.78 is 13.2. The van der Waals surface area contributed by atoms with E-state index in [9.17, 15) is 18.8 Å². The van der Waals surface area contributed by atoms with Gasteiger partial charge in [0, 0.05) is 17.8 Å². The minimum absolute atomic E-state index is 0.0229. The first kappa shape index (κ1) is 17.2. The van der Waals surface area contributed by atoms with Gasteiger partial charge in [0.1, 0.15) is 12.4 Å². The molecule has 0 aliphatic carbocycles. The lowest BCUT2D eigenvalue weighted by atomic mass is 10.0. The number of carbonyl (C=O) groups is 3. The van der Waals surface area contributed by atoms with Gasteiger partial charge in [-0.05, 0) is 54.8 Å². The second-order valence-corrected chi connectivity index (χ2v) is 6.69. The number of anilines is 1. The number of likely N-dealkylation sites (tertiary alicyclic amines) is 1. The molecule has 7 heteroatoms. The molecule has 27 heavy (non-hydrogen) atoms. The van der Waals surface area contributed by atoms with Crippen molar-refractivity contribution in [2.45, 2.75) is 18.9 Å². The first-order valence-corrected chi connectivity index (χ1v) is 8.81. The molecule has 2 aliphatic rings. The quantitative estimate of drug-likeness (QED) is 0.848. The van der Waals surface area contributed by atoms with Gasteiger partial charge in [-0.2, -0.15) is 0 Å². The monoisotopic (exact) mass is 367 g/mol. The number of hydrogen-bond acceptors (Lipinski definition) is 3. The first-order chi connectivity index (χ1) is 13.0. The molecular formula is C20H18FN3O3. The van der Waals surface area contributed by atoms with Crippen LogP contribution in [0.2, 0.25) is 0 Å². The van der Waals surface area contributed by atoms with Gasteiger partial charge >= 0.3 is 6.03 Å². The molecule has 2 aromatic carbocycles. The molecule has 0 aromatic heterocycles. The molecular weight excluding hydrogens is 349 g/mol. The zero-order valence-corrected chi connectivity index (χ0v) is 14.5. The Balaban J connectivity index is 1.52. The molecule has 0 spiro atoms. The minimum atomic E-state index is -0.463. The highest BCUT2D eigenvalue weighted by molar-refractivity contribution is 6.12. The molecule has 4 amide bonds. The Labute approximate surface area is 155 Å². The summed E-state index contributed by atoms with van der Waals surface area (Å²) in [5.41, 5.74) is 2.00. The van der Waals surface area contributed by atoms with E-state index in [4.69, 9.17) is 0 Å². The summed E-state index contributed by atoms with van der Waals surface area (Å²) in [5, 5.41) is 2.22. The van der Waals surface area contributed by atoms with Crippen LogP contribution in [0.15, 0.2) is 48.5 Å². The maximum Gasteiger partial charge on any atom is 0.329 e. The molecule has 2 fully saturated rings. The topological polar surface area (TPSA) is 69.7 Å². The summed E-state index contributed by atoms with van der Waals surface area (Å²) in [6.45, 7) is 0.622. The molecule has 2 aromatic rings. The van der Waals surface area contributed by atoms with Crippen LogP contribution in [-0.4, -0.2) is 35.8 Å². The average Bonchev–Trinajstić information content (AvgIpc) is 3.28. The molecule has 2 saturated heterocycles. The summed E-state index contributed by atoms with van der Waals surface area (Å²) in [5.74, 6) is -0.746. The molecule has 2 aliphatic heterocycles. The number of urea groups is 1. The van der Waals surface area contributed by atoms with Gasteiger partial charge in [-0.1, -0.05) is 12.1 Å². The van der Waals surface area contributed by atoms with Crippen molar-refractivity contribution in [1.29, 1.82) is 0 Å². The number of amides is 4. The smallest absolute Gasteiger partial charge is 0.329 e. The van der Waals surface area contributed by atoms with E-state index in [1.807, 2.05) is 0 Å². The van der Waals surface area contributed by atoms with Crippen molar-refractivity contribution in [3.8, 4) is 0 Å². The molecule has 0 unspecified atom stereocenters. The Bertz CT molecular complexity index is 896. The molecule has 4 rings (SSSR count). The fourth-order valence-corrected chi connectivity index (χ4v) is 3.64. The van der Waals surface area contributed by atoms with Gasteiger partial charge < -0.3 is 4.90 Å². The lowest BCUT2D eigenvalue weighted by Crippen LogP contribution is -2.31. The molecule has 0 saturated carbocycles. The van der Waals surface area contributed by atoms with E-state index >= 15 is 0 Å². The van der Waals surface area contributed by atoms with Crippen molar-refractivity contribution < 1.29 is 18.8 Å². The van der Waals surface area contributed by atoms with Gasteiger partial charge in [0.25, 0.3) is 5.91 Å². The van der Waals surface area contributed by atoms with Crippen molar-refractivity contribution in [3.63, 3.8) is 0 Å². The lowest BCUT2D eigenvalue weighted by molar-refractivity contribution is -0.117. The van der Waals surface area contributed by atoms with Crippen LogP contribution in [0.5, 0.6) is 0 Å². The summed E-state index contributed by atoms with van der Waals surface area (Å²) in [4.78, 5) is 39.1. The van der Waals surface area contributed by atoms with Crippen LogP contribution >= 0.6 is 0 Å². The minimum Gasteiger partial charge on any atom is -0.332 e.